The fourth-order valence-corrected chi connectivity index (χ4v) is 2.67. The lowest BCUT2D eigenvalue weighted by Gasteiger charge is -2.07. The molecule has 2 N–H and O–H groups in total. The molecule has 0 aliphatic carbocycles. The second-order valence-electron chi connectivity index (χ2n) is 4.49. The number of aromatic nitrogens is 2. The molecule has 0 aliphatic rings. The molecule has 1 aromatic carbocycles. The van der Waals surface area contributed by atoms with Crippen LogP contribution in [0.4, 0.5) is 5.13 Å². The van der Waals surface area contributed by atoms with Gasteiger partial charge < -0.3 is 4.74 Å². The summed E-state index contributed by atoms with van der Waals surface area (Å²) in [6, 6.07) is 9.98. The molecule has 3 aromatic rings. The molecule has 0 aliphatic heterocycles. The van der Waals surface area contributed by atoms with Crippen molar-refractivity contribution in [2.75, 3.05) is 12.5 Å². The largest absolute Gasteiger partial charge is 0.497 e. The molecule has 7 nitrogen and oxygen atoms in total. The van der Waals surface area contributed by atoms with Crippen molar-refractivity contribution < 1.29 is 9.53 Å². The standard InChI is InChI=1S/C15H12N4O3S/c1-22-10-6-4-9(5-7-10)12(20)18-19-15-17-13(21)11-3-2-8-16-14(11)23-15/h2-8H,1H3,(H,18,20)(H,17,19,21). The zero-order chi connectivity index (χ0) is 16.2. The third-order valence-electron chi connectivity index (χ3n) is 3.03. The van der Waals surface area contributed by atoms with Gasteiger partial charge in [0, 0.05) is 11.8 Å². The van der Waals surface area contributed by atoms with Gasteiger partial charge in [0.2, 0.25) is 5.13 Å². The van der Waals surface area contributed by atoms with Crippen LogP contribution in [0.25, 0.3) is 10.2 Å². The smallest absolute Gasteiger partial charge is 0.282 e. The van der Waals surface area contributed by atoms with Gasteiger partial charge >= 0.3 is 0 Å². The second-order valence-corrected chi connectivity index (χ2v) is 5.47. The Morgan fingerprint density at radius 1 is 1.22 bits per heavy atom. The number of anilines is 1. The van der Waals surface area contributed by atoms with E-state index in [-0.39, 0.29) is 11.0 Å². The fraction of sp³-hybridized carbons (Fsp3) is 0.0667. The number of methoxy groups -OCH3 is 1. The van der Waals surface area contributed by atoms with Crippen LogP contribution in [0, 0.1) is 0 Å². The molecule has 23 heavy (non-hydrogen) atoms. The minimum absolute atomic E-state index is 0.267. The highest BCUT2D eigenvalue weighted by atomic mass is 32.1. The van der Waals surface area contributed by atoms with E-state index < -0.39 is 5.56 Å². The maximum Gasteiger partial charge on any atom is 0.282 e. The Morgan fingerprint density at radius 3 is 2.74 bits per heavy atom. The zero-order valence-corrected chi connectivity index (χ0v) is 12.9. The van der Waals surface area contributed by atoms with Gasteiger partial charge in [0.1, 0.15) is 10.6 Å². The Hall–Kier alpha value is -3.00. The molecule has 116 valence electrons. The van der Waals surface area contributed by atoms with E-state index in [0.29, 0.717) is 21.5 Å². The van der Waals surface area contributed by atoms with Crippen LogP contribution in [-0.2, 0) is 0 Å². The Labute approximate surface area is 134 Å². The van der Waals surface area contributed by atoms with Crippen molar-refractivity contribution in [3.05, 3.63) is 58.5 Å². The van der Waals surface area contributed by atoms with Crippen molar-refractivity contribution in [2.45, 2.75) is 0 Å². The molecule has 2 heterocycles. The molecule has 0 fully saturated rings. The SMILES string of the molecule is COc1ccc(C(=O)NNc2nc(=O)c3cccnc3s2)cc1. The number of hydrazine groups is 1. The number of carbonyl (C=O) groups excluding carboxylic acids is 1. The van der Waals surface area contributed by atoms with Gasteiger partial charge in [-0.1, -0.05) is 11.3 Å². The number of fused-ring (bicyclic) bond motifs is 1. The number of carbonyl (C=O) groups is 1. The topological polar surface area (TPSA) is 93.2 Å². The molecule has 0 atom stereocenters. The highest BCUT2D eigenvalue weighted by Gasteiger charge is 2.08. The summed E-state index contributed by atoms with van der Waals surface area (Å²) >= 11 is 1.18. The summed E-state index contributed by atoms with van der Waals surface area (Å²) in [5, 5.41) is 0.715. The van der Waals surface area contributed by atoms with Crippen LogP contribution in [-0.4, -0.2) is 23.0 Å². The molecular formula is C15H12N4O3S. The third kappa shape index (κ3) is 3.27. The van der Waals surface area contributed by atoms with E-state index >= 15 is 0 Å². The van der Waals surface area contributed by atoms with Crippen molar-refractivity contribution in [2.24, 2.45) is 0 Å². The Bertz CT molecular complexity index is 908. The lowest BCUT2D eigenvalue weighted by atomic mass is 10.2. The predicted octanol–water partition coefficient (Wildman–Crippen LogP) is 1.82. The monoisotopic (exact) mass is 328 g/mol. The molecule has 2 aromatic heterocycles. The molecule has 0 radical (unpaired) electrons. The molecule has 8 heteroatoms. The molecule has 0 saturated carbocycles. The van der Waals surface area contributed by atoms with Crippen LogP contribution >= 0.6 is 11.3 Å². The number of amides is 1. The van der Waals surface area contributed by atoms with E-state index in [9.17, 15) is 9.59 Å². The highest BCUT2D eigenvalue weighted by molar-refractivity contribution is 7.21. The molecule has 1 amide bonds. The number of nitrogens with one attached hydrogen (secondary N) is 2. The summed E-state index contributed by atoms with van der Waals surface area (Å²) in [5.41, 5.74) is 5.19. The number of pyridine rings is 1. The molecule has 0 saturated heterocycles. The van der Waals surface area contributed by atoms with Gasteiger partial charge in [0.15, 0.2) is 0 Å². The van der Waals surface area contributed by atoms with Crippen LogP contribution in [0.5, 0.6) is 5.75 Å². The maximum atomic E-state index is 12.0. The second kappa shape index (κ2) is 6.41. The Kier molecular flexibility index (Phi) is 4.15. The summed E-state index contributed by atoms with van der Waals surface area (Å²) in [6.45, 7) is 0. The van der Waals surface area contributed by atoms with Gasteiger partial charge in [-0.25, -0.2) is 4.98 Å². The lowest BCUT2D eigenvalue weighted by Crippen LogP contribution is -2.30. The van der Waals surface area contributed by atoms with Gasteiger partial charge in [-0.3, -0.25) is 20.4 Å². The Balaban J connectivity index is 1.74. The van der Waals surface area contributed by atoms with Gasteiger partial charge in [-0.2, -0.15) is 4.98 Å². The lowest BCUT2D eigenvalue weighted by molar-refractivity contribution is 0.0962. The van der Waals surface area contributed by atoms with E-state index in [1.165, 1.54) is 11.3 Å². The summed E-state index contributed by atoms with van der Waals surface area (Å²) in [4.78, 5) is 32.4. The maximum absolute atomic E-state index is 12.0. The van der Waals surface area contributed by atoms with Gasteiger partial charge in [0.05, 0.1) is 12.5 Å². The molecule has 0 spiro atoms. The first kappa shape index (κ1) is 14.9. The van der Waals surface area contributed by atoms with Crippen LogP contribution in [0.1, 0.15) is 10.4 Å². The number of hydrogen-bond donors (Lipinski definition) is 2. The zero-order valence-electron chi connectivity index (χ0n) is 12.1. The van der Waals surface area contributed by atoms with Crippen molar-refractivity contribution in [1.82, 2.24) is 15.4 Å². The van der Waals surface area contributed by atoms with E-state index in [1.807, 2.05) is 0 Å². The van der Waals surface area contributed by atoms with Gasteiger partial charge in [0.25, 0.3) is 11.5 Å². The minimum Gasteiger partial charge on any atom is -0.497 e. The molecule has 0 bridgehead atoms. The Morgan fingerprint density at radius 2 is 2.00 bits per heavy atom. The fourth-order valence-electron chi connectivity index (χ4n) is 1.88. The quantitative estimate of drug-likeness (QED) is 0.710. The van der Waals surface area contributed by atoms with Crippen LogP contribution in [0.2, 0.25) is 0 Å². The summed E-state index contributed by atoms with van der Waals surface area (Å²) in [5.74, 6) is 0.310. The van der Waals surface area contributed by atoms with E-state index in [1.54, 1.807) is 49.7 Å². The van der Waals surface area contributed by atoms with Crippen molar-refractivity contribution in [1.29, 1.82) is 0 Å². The molecule has 3 rings (SSSR count). The van der Waals surface area contributed by atoms with Gasteiger partial charge in [-0.05, 0) is 36.4 Å². The first-order valence-electron chi connectivity index (χ1n) is 6.63. The first-order valence-corrected chi connectivity index (χ1v) is 7.45. The summed E-state index contributed by atoms with van der Waals surface area (Å²) in [6.07, 6.45) is 1.60. The van der Waals surface area contributed by atoms with E-state index in [2.05, 4.69) is 20.8 Å². The highest BCUT2D eigenvalue weighted by Crippen LogP contribution is 2.17. The first-order chi connectivity index (χ1) is 11.2. The minimum atomic E-state index is -0.395. The van der Waals surface area contributed by atoms with E-state index in [0.717, 1.165) is 0 Å². The van der Waals surface area contributed by atoms with E-state index in [4.69, 9.17) is 4.74 Å². The summed E-state index contributed by atoms with van der Waals surface area (Å²) < 4.78 is 5.03. The van der Waals surface area contributed by atoms with Crippen molar-refractivity contribution in [3.8, 4) is 5.75 Å². The van der Waals surface area contributed by atoms with Crippen molar-refractivity contribution in [3.63, 3.8) is 0 Å². The van der Waals surface area contributed by atoms with Crippen LogP contribution in [0.3, 0.4) is 0 Å². The third-order valence-corrected chi connectivity index (χ3v) is 3.94. The number of nitrogens with zero attached hydrogens (tertiary/aromatic N) is 2. The average molecular weight is 328 g/mol. The predicted molar refractivity (Wildman–Crippen MR) is 87.8 cm³/mol. The summed E-state index contributed by atoms with van der Waals surface area (Å²) in [7, 11) is 1.55. The normalized spacial score (nSPS) is 10.3. The van der Waals surface area contributed by atoms with Crippen molar-refractivity contribution >= 4 is 32.6 Å². The average Bonchev–Trinajstić information content (AvgIpc) is 2.60. The van der Waals surface area contributed by atoms with Crippen LogP contribution < -0.4 is 21.1 Å². The number of ether oxygens (including phenoxy) is 1. The van der Waals surface area contributed by atoms with Crippen LogP contribution in [0.15, 0.2) is 47.4 Å². The molecule has 0 unspecified atom stereocenters. The number of rotatable bonds is 4. The number of benzene rings is 1. The molecular weight excluding hydrogens is 316 g/mol. The van der Waals surface area contributed by atoms with Gasteiger partial charge in [-0.15, -0.1) is 0 Å². The number of hydrogen-bond acceptors (Lipinski definition) is 7.